The number of hydrogen-bond acceptors (Lipinski definition) is 4. The van der Waals surface area contributed by atoms with Crippen molar-refractivity contribution in [2.45, 2.75) is 26.2 Å². The number of carbonyl (C=O) groups is 2. The Morgan fingerprint density at radius 2 is 2.04 bits per heavy atom. The number of nitrogens with zero attached hydrogens (tertiary/aromatic N) is 2. The molecule has 2 unspecified atom stereocenters. The van der Waals surface area contributed by atoms with Gasteiger partial charge in [-0.15, -0.1) is 12.4 Å². The molecular weight excluding hydrogens is 318 g/mol. The summed E-state index contributed by atoms with van der Waals surface area (Å²) in [6.07, 6.45) is 2.91. The summed E-state index contributed by atoms with van der Waals surface area (Å²) in [5.74, 6) is 1.02. The van der Waals surface area contributed by atoms with Crippen LogP contribution in [-0.4, -0.2) is 74.6 Å². The second-order valence-electron chi connectivity index (χ2n) is 6.53. The van der Waals surface area contributed by atoms with Crippen molar-refractivity contribution in [3.8, 4) is 0 Å². The lowest BCUT2D eigenvalue weighted by Crippen LogP contribution is -2.46. The molecule has 23 heavy (non-hydrogen) atoms. The average molecular weight is 348 g/mol. The number of halogens is 1. The lowest BCUT2D eigenvalue weighted by Gasteiger charge is -2.30. The first-order valence-electron chi connectivity index (χ1n) is 8.38. The number of nitrogens with one attached hydrogen (secondary N) is 1. The van der Waals surface area contributed by atoms with Crippen molar-refractivity contribution >= 4 is 24.2 Å². The van der Waals surface area contributed by atoms with Gasteiger partial charge in [0.1, 0.15) is 0 Å². The molecule has 2 aliphatic rings. The van der Waals surface area contributed by atoms with E-state index in [9.17, 15) is 9.59 Å². The summed E-state index contributed by atoms with van der Waals surface area (Å²) in [7, 11) is 1.73. The molecule has 0 radical (unpaired) electrons. The fraction of sp³-hybridized carbons (Fsp3) is 0.875. The highest BCUT2D eigenvalue weighted by atomic mass is 35.5. The first-order valence-corrected chi connectivity index (χ1v) is 8.38. The first-order chi connectivity index (χ1) is 10.6. The van der Waals surface area contributed by atoms with Crippen molar-refractivity contribution < 1.29 is 14.3 Å². The Morgan fingerprint density at radius 1 is 1.35 bits per heavy atom. The molecule has 7 heteroatoms. The van der Waals surface area contributed by atoms with Crippen LogP contribution < -0.4 is 5.32 Å². The van der Waals surface area contributed by atoms with Gasteiger partial charge in [0.2, 0.25) is 11.8 Å². The van der Waals surface area contributed by atoms with Gasteiger partial charge in [0.25, 0.3) is 0 Å². The van der Waals surface area contributed by atoms with Gasteiger partial charge in [0, 0.05) is 26.6 Å². The van der Waals surface area contributed by atoms with Crippen molar-refractivity contribution in [3.63, 3.8) is 0 Å². The van der Waals surface area contributed by atoms with Crippen LogP contribution in [0.1, 0.15) is 26.2 Å². The van der Waals surface area contributed by atoms with Gasteiger partial charge in [-0.1, -0.05) is 6.92 Å². The fourth-order valence-corrected chi connectivity index (χ4v) is 3.17. The van der Waals surface area contributed by atoms with Gasteiger partial charge in [0.05, 0.1) is 19.8 Å². The maximum atomic E-state index is 12.3. The van der Waals surface area contributed by atoms with Crippen LogP contribution in [0.25, 0.3) is 0 Å². The van der Waals surface area contributed by atoms with E-state index >= 15 is 0 Å². The molecule has 0 bridgehead atoms. The molecule has 0 aromatic carbocycles. The molecular formula is C16H30ClN3O3. The van der Waals surface area contributed by atoms with E-state index in [-0.39, 0.29) is 30.8 Å². The zero-order valence-corrected chi connectivity index (χ0v) is 15.1. The van der Waals surface area contributed by atoms with Crippen molar-refractivity contribution in [1.82, 2.24) is 15.1 Å². The Morgan fingerprint density at radius 3 is 2.65 bits per heavy atom. The quantitative estimate of drug-likeness (QED) is 0.797. The van der Waals surface area contributed by atoms with Gasteiger partial charge >= 0.3 is 0 Å². The zero-order chi connectivity index (χ0) is 15.9. The van der Waals surface area contributed by atoms with E-state index in [4.69, 9.17) is 4.74 Å². The topological polar surface area (TPSA) is 61.9 Å². The molecule has 0 saturated carbocycles. The third kappa shape index (κ3) is 6.28. The lowest BCUT2D eigenvalue weighted by molar-refractivity contribution is -0.142. The van der Waals surface area contributed by atoms with E-state index < -0.39 is 0 Å². The third-order valence-corrected chi connectivity index (χ3v) is 4.80. The maximum Gasteiger partial charge on any atom is 0.242 e. The van der Waals surface area contributed by atoms with Crippen LogP contribution >= 0.6 is 12.4 Å². The highest BCUT2D eigenvalue weighted by Gasteiger charge is 2.25. The molecule has 6 nitrogen and oxygen atoms in total. The number of piperidine rings is 1. The smallest absolute Gasteiger partial charge is 0.242 e. The van der Waals surface area contributed by atoms with E-state index in [1.54, 1.807) is 16.8 Å². The van der Waals surface area contributed by atoms with Crippen LogP contribution in [-0.2, 0) is 14.3 Å². The number of ether oxygens (including phenoxy) is 1. The molecule has 1 N–H and O–H groups in total. The van der Waals surface area contributed by atoms with Crippen LogP contribution in [0.15, 0.2) is 0 Å². The highest BCUT2D eigenvalue weighted by molar-refractivity contribution is 5.85. The van der Waals surface area contributed by atoms with Gasteiger partial charge in [-0.2, -0.15) is 0 Å². The van der Waals surface area contributed by atoms with Crippen molar-refractivity contribution in [3.05, 3.63) is 0 Å². The summed E-state index contributed by atoms with van der Waals surface area (Å²) in [6, 6.07) is 0. The monoisotopic (exact) mass is 347 g/mol. The van der Waals surface area contributed by atoms with Crippen LogP contribution in [0, 0.1) is 11.8 Å². The molecule has 2 fully saturated rings. The minimum atomic E-state index is 0. The Kier molecular flexibility index (Phi) is 8.87. The molecule has 2 amide bonds. The van der Waals surface area contributed by atoms with E-state index in [0.29, 0.717) is 44.6 Å². The molecule has 0 spiro atoms. The minimum absolute atomic E-state index is 0. The van der Waals surface area contributed by atoms with E-state index in [0.717, 1.165) is 13.1 Å². The number of likely N-dealkylation sites (N-methyl/N-ethyl adjacent to an activating group) is 1. The number of amides is 2. The summed E-state index contributed by atoms with van der Waals surface area (Å²) in [6.45, 7) is 6.86. The Hall–Kier alpha value is -0.850. The van der Waals surface area contributed by atoms with Crippen LogP contribution in [0.3, 0.4) is 0 Å². The van der Waals surface area contributed by atoms with Gasteiger partial charge in [0.15, 0.2) is 0 Å². The van der Waals surface area contributed by atoms with Crippen LogP contribution in [0.2, 0.25) is 0 Å². The van der Waals surface area contributed by atoms with Crippen LogP contribution in [0.5, 0.6) is 0 Å². The second kappa shape index (κ2) is 10.1. The molecule has 2 rings (SSSR count). The van der Waals surface area contributed by atoms with Gasteiger partial charge in [-0.05, 0) is 37.8 Å². The second-order valence-corrected chi connectivity index (χ2v) is 6.53. The largest absolute Gasteiger partial charge is 0.378 e. The predicted octanol–water partition coefficient (Wildman–Crippen LogP) is 0.751. The molecule has 2 heterocycles. The Bertz CT molecular complexity index is 383. The predicted molar refractivity (Wildman–Crippen MR) is 91.7 cm³/mol. The third-order valence-electron chi connectivity index (χ3n) is 4.80. The fourth-order valence-electron chi connectivity index (χ4n) is 3.17. The molecule has 2 aliphatic heterocycles. The van der Waals surface area contributed by atoms with Gasteiger partial charge in [-0.3, -0.25) is 9.59 Å². The van der Waals surface area contributed by atoms with Crippen LogP contribution in [0.4, 0.5) is 0 Å². The molecule has 0 aliphatic carbocycles. The highest BCUT2D eigenvalue weighted by Crippen LogP contribution is 2.23. The summed E-state index contributed by atoms with van der Waals surface area (Å²) >= 11 is 0. The molecule has 0 aromatic rings. The Balaban J connectivity index is 0.00000264. The summed E-state index contributed by atoms with van der Waals surface area (Å²) in [5, 5.41) is 3.40. The zero-order valence-electron chi connectivity index (χ0n) is 14.3. The summed E-state index contributed by atoms with van der Waals surface area (Å²) in [5.41, 5.74) is 0. The summed E-state index contributed by atoms with van der Waals surface area (Å²) < 4.78 is 5.24. The molecule has 2 saturated heterocycles. The molecule has 0 aromatic heterocycles. The maximum absolute atomic E-state index is 12.3. The standard InChI is InChI=1S/C16H29N3O3.ClH/c1-13(14-4-3-5-17-11-14)10-15(20)18(2)12-16(21)19-6-8-22-9-7-19;/h13-14,17H,3-12H2,1-2H3;1H. The number of morpholine rings is 1. The lowest BCUT2D eigenvalue weighted by atomic mass is 9.85. The number of hydrogen-bond donors (Lipinski definition) is 1. The van der Waals surface area contributed by atoms with E-state index in [1.165, 1.54) is 12.8 Å². The van der Waals surface area contributed by atoms with E-state index in [2.05, 4.69) is 12.2 Å². The van der Waals surface area contributed by atoms with Crippen molar-refractivity contribution in [1.29, 1.82) is 0 Å². The van der Waals surface area contributed by atoms with Gasteiger partial charge in [-0.25, -0.2) is 0 Å². The minimum Gasteiger partial charge on any atom is -0.378 e. The average Bonchev–Trinajstić information content (AvgIpc) is 2.56. The first kappa shape index (κ1) is 20.2. The normalized spacial score (nSPS) is 22.9. The SMILES string of the molecule is CC(CC(=O)N(C)CC(=O)N1CCOCC1)C1CCCNC1.Cl. The van der Waals surface area contributed by atoms with Gasteiger partial charge < -0.3 is 19.9 Å². The molecule has 2 atom stereocenters. The molecule has 134 valence electrons. The van der Waals surface area contributed by atoms with Crippen molar-refractivity contribution in [2.75, 3.05) is 53.0 Å². The summed E-state index contributed by atoms with van der Waals surface area (Å²) in [4.78, 5) is 27.8. The Labute approximate surface area is 145 Å². The van der Waals surface area contributed by atoms with E-state index in [1.807, 2.05) is 0 Å². The van der Waals surface area contributed by atoms with Crippen molar-refractivity contribution in [2.24, 2.45) is 11.8 Å². The number of rotatable bonds is 5. The number of carbonyl (C=O) groups excluding carboxylic acids is 2.